The van der Waals surface area contributed by atoms with E-state index in [0.29, 0.717) is 6.10 Å². The lowest BCUT2D eigenvalue weighted by atomic mass is 9.98. The second kappa shape index (κ2) is 6.01. The van der Waals surface area contributed by atoms with Crippen LogP contribution in [0.5, 0.6) is 0 Å². The highest BCUT2D eigenvalue weighted by Gasteiger charge is 2.22. The molecule has 0 bridgehead atoms. The Balaban J connectivity index is 2.14. The fraction of sp³-hybridized carbons (Fsp3) is 0.533. The summed E-state index contributed by atoms with van der Waals surface area (Å²) in [5, 5.41) is 0. The molecule has 98 valence electrons. The van der Waals surface area contributed by atoms with Crippen LogP contribution in [0.15, 0.2) is 41.1 Å². The molecular formula is C15H22N2O. The third-order valence-corrected chi connectivity index (χ3v) is 3.74. The van der Waals surface area contributed by atoms with Crippen molar-refractivity contribution >= 4 is 6.21 Å². The molecule has 0 N–H and O–H groups in total. The standard InChI is InChI=1S/C15H22N2O/c1-4-15(14-5-8-16-11-12(14)2)17-9-6-13(18-3)7-10-17/h4,11,13H,1-2,5-10H2,3H3/b15-14+. The average Bonchev–Trinajstić information content (AvgIpc) is 2.42. The first-order chi connectivity index (χ1) is 8.76. The fourth-order valence-electron chi connectivity index (χ4n) is 2.66. The van der Waals surface area contributed by atoms with Gasteiger partial charge in [0.1, 0.15) is 0 Å². The number of allylic oxidation sites excluding steroid dienone is 2. The Morgan fingerprint density at radius 2 is 2.22 bits per heavy atom. The Morgan fingerprint density at radius 3 is 2.78 bits per heavy atom. The Hall–Kier alpha value is -1.35. The highest BCUT2D eigenvalue weighted by molar-refractivity contribution is 5.85. The predicted octanol–water partition coefficient (Wildman–Crippen LogP) is 2.57. The zero-order valence-corrected chi connectivity index (χ0v) is 11.2. The molecule has 0 aromatic rings. The number of hydrogen-bond acceptors (Lipinski definition) is 3. The van der Waals surface area contributed by atoms with Gasteiger partial charge in [0.15, 0.2) is 0 Å². The van der Waals surface area contributed by atoms with E-state index in [1.54, 1.807) is 7.11 Å². The molecule has 2 heterocycles. The second-order valence-corrected chi connectivity index (χ2v) is 4.80. The average molecular weight is 246 g/mol. The Morgan fingerprint density at radius 1 is 1.50 bits per heavy atom. The third-order valence-electron chi connectivity index (χ3n) is 3.74. The van der Waals surface area contributed by atoms with E-state index in [2.05, 4.69) is 23.1 Å². The summed E-state index contributed by atoms with van der Waals surface area (Å²) in [6.07, 6.45) is 7.40. The van der Waals surface area contributed by atoms with Crippen LogP contribution < -0.4 is 0 Å². The second-order valence-electron chi connectivity index (χ2n) is 4.80. The Labute approximate surface area is 110 Å². The monoisotopic (exact) mass is 246 g/mol. The van der Waals surface area contributed by atoms with Gasteiger partial charge < -0.3 is 9.64 Å². The summed E-state index contributed by atoms with van der Waals surface area (Å²) in [5.74, 6) is 0. The number of rotatable bonds is 3. The molecule has 0 amide bonds. The van der Waals surface area contributed by atoms with Crippen molar-refractivity contribution in [3.8, 4) is 0 Å². The van der Waals surface area contributed by atoms with Crippen molar-refractivity contribution in [1.82, 2.24) is 4.90 Å². The molecule has 3 nitrogen and oxygen atoms in total. The van der Waals surface area contributed by atoms with E-state index in [0.717, 1.165) is 44.5 Å². The quantitative estimate of drug-likeness (QED) is 0.764. The molecule has 2 aliphatic heterocycles. The molecule has 0 aromatic carbocycles. The van der Waals surface area contributed by atoms with Crippen molar-refractivity contribution in [2.45, 2.75) is 25.4 Å². The van der Waals surface area contributed by atoms with E-state index < -0.39 is 0 Å². The van der Waals surface area contributed by atoms with E-state index in [4.69, 9.17) is 4.74 Å². The maximum Gasteiger partial charge on any atom is 0.0605 e. The number of aliphatic imine (C=N–C) groups is 1. The third kappa shape index (κ3) is 2.72. The van der Waals surface area contributed by atoms with Crippen molar-refractivity contribution in [3.05, 3.63) is 36.1 Å². The summed E-state index contributed by atoms with van der Waals surface area (Å²) < 4.78 is 5.41. The van der Waals surface area contributed by atoms with Crippen molar-refractivity contribution in [2.75, 3.05) is 26.7 Å². The lowest BCUT2D eigenvalue weighted by molar-refractivity contribution is 0.0510. The van der Waals surface area contributed by atoms with Crippen molar-refractivity contribution < 1.29 is 4.74 Å². The van der Waals surface area contributed by atoms with E-state index >= 15 is 0 Å². The Kier molecular flexibility index (Phi) is 4.37. The lowest BCUT2D eigenvalue weighted by Crippen LogP contribution is -2.36. The first-order valence-corrected chi connectivity index (χ1v) is 6.58. The smallest absolute Gasteiger partial charge is 0.0605 e. The molecular weight excluding hydrogens is 224 g/mol. The van der Waals surface area contributed by atoms with Crippen LogP contribution in [-0.4, -0.2) is 44.0 Å². The van der Waals surface area contributed by atoms with Gasteiger partial charge in [-0.25, -0.2) is 0 Å². The van der Waals surface area contributed by atoms with Crippen LogP contribution in [0, 0.1) is 0 Å². The maximum absolute atomic E-state index is 5.41. The minimum absolute atomic E-state index is 0.411. The van der Waals surface area contributed by atoms with Gasteiger partial charge in [0, 0.05) is 38.7 Å². The Bertz CT molecular complexity index is 387. The minimum atomic E-state index is 0.411. The summed E-state index contributed by atoms with van der Waals surface area (Å²) in [6, 6.07) is 0. The highest BCUT2D eigenvalue weighted by atomic mass is 16.5. The molecule has 0 atom stereocenters. The van der Waals surface area contributed by atoms with E-state index in [-0.39, 0.29) is 0 Å². The number of methoxy groups -OCH3 is 1. The molecule has 0 aromatic heterocycles. The lowest BCUT2D eigenvalue weighted by Gasteiger charge is -2.35. The molecule has 18 heavy (non-hydrogen) atoms. The largest absolute Gasteiger partial charge is 0.381 e. The van der Waals surface area contributed by atoms with Gasteiger partial charge in [-0.2, -0.15) is 0 Å². The number of ether oxygens (including phenoxy) is 1. The van der Waals surface area contributed by atoms with E-state index in [1.165, 1.54) is 11.3 Å². The summed E-state index contributed by atoms with van der Waals surface area (Å²) in [6.45, 7) is 11.0. The minimum Gasteiger partial charge on any atom is -0.381 e. The van der Waals surface area contributed by atoms with Crippen LogP contribution in [0.4, 0.5) is 0 Å². The topological polar surface area (TPSA) is 24.8 Å². The van der Waals surface area contributed by atoms with Crippen LogP contribution in [-0.2, 0) is 4.74 Å². The molecule has 1 saturated heterocycles. The molecule has 0 aliphatic carbocycles. The molecule has 0 unspecified atom stereocenters. The summed E-state index contributed by atoms with van der Waals surface area (Å²) in [7, 11) is 1.80. The van der Waals surface area contributed by atoms with Crippen LogP contribution in [0.1, 0.15) is 19.3 Å². The van der Waals surface area contributed by atoms with Crippen LogP contribution in [0.25, 0.3) is 0 Å². The van der Waals surface area contributed by atoms with Crippen LogP contribution >= 0.6 is 0 Å². The number of hydrogen-bond donors (Lipinski definition) is 0. The van der Waals surface area contributed by atoms with Crippen molar-refractivity contribution in [2.24, 2.45) is 4.99 Å². The zero-order valence-electron chi connectivity index (χ0n) is 11.2. The maximum atomic E-state index is 5.41. The van der Waals surface area contributed by atoms with Crippen molar-refractivity contribution in [3.63, 3.8) is 0 Å². The normalized spacial score (nSPS) is 24.3. The number of nitrogens with zero attached hydrogens (tertiary/aromatic N) is 2. The summed E-state index contributed by atoms with van der Waals surface area (Å²) in [5.41, 5.74) is 3.57. The first kappa shape index (κ1) is 13.1. The molecule has 0 saturated carbocycles. The molecule has 0 spiro atoms. The molecule has 2 aliphatic rings. The van der Waals surface area contributed by atoms with Crippen LogP contribution in [0.3, 0.4) is 0 Å². The molecule has 2 rings (SSSR count). The van der Waals surface area contributed by atoms with Gasteiger partial charge in [-0.05, 0) is 36.5 Å². The van der Waals surface area contributed by atoms with Gasteiger partial charge in [0.05, 0.1) is 6.10 Å². The number of likely N-dealkylation sites (tertiary alicyclic amines) is 1. The highest BCUT2D eigenvalue weighted by Crippen LogP contribution is 2.26. The SMILES string of the molecule is C=C/C(=C1/CCN=CC1=C)N1CCC(OC)CC1. The first-order valence-electron chi connectivity index (χ1n) is 6.58. The van der Waals surface area contributed by atoms with Gasteiger partial charge in [-0.1, -0.05) is 13.2 Å². The van der Waals surface area contributed by atoms with Gasteiger partial charge >= 0.3 is 0 Å². The van der Waals surface area contributed by atoms with Gasteiger partial charge in [0.2, 0.25) is 0 Å². The molecule has 1 fully saturated rings. The predicted molar refractivity (Wildman–Crippen MR) is 75.9 cm³/mol. The molecule has 3 heteroatoms. The van der Waals surface area contributed by atoms with Gasteiger partial charge in [-0.15, -0.1) is 0 Å². The van der Waals surface area contributed by atoms with Crippen molar-refractivity contribution in [1.29, 1.82) is 0 Å². The van der Waals surface area contributed by atoms with Gasteiger partial charge in [-0.3, -0.25) is 4.99 Å². The summed E-state index contributed by atoms with van der Waals surface area (Å²) >= 11 is 0. The van der Waals surface area contributed by atoms with Crippen LogP contribution in [0.2, 0.25) is 0 Å². The number of piperidine rings is 1. The van der Waals surface area contributed by atoms with E-state index in [1.807, 2.05) is 12.3 Å². The molecule has 0 radical (unpaired) electrons. The summed E-state index contributed by atoms with van der Waals surface area (Å²) in [4.78, 5) is 6.67. The fourth-order valence-corrected chi connectivity index (χ4v) is 2.66. The van der Waals surface area contributed by atoms with E-state index in [9.17, 15) is 0 Å². The van der Waals surface area contributed by atoms with Gasteiger partial charge in [0.25, 0.3) is 0 Å². The zero-order chi connectivity index (χ0) is 13.0.